The van der Waals surface area contributed by atoms with Crippen LogP contribution >= 0.6 is 69.9 Å². The predicted octanol–water partition coefficient (Wildman–Crippen LogP) is 21.3. The van der Waals surface area contributed by atoms with Gasteiger partial charge in [0.1, 0.15) is 43.8 Å². The van der Waals surface area contributed by atoms with Crippen molar-refractivity contribution < 1.29 is 87.1 Å². The van der Waals surface area contributed by atoms with Crippen LogP contribution < -0.4 is 5.32 Å². The van der Waals surface area contributed by atoms with E-state index < -0.39 is 24.0 Å². The number of benzene rings is 9. The highest BCUT2D eigenvalue weighted by molar-refractivity contribution is 7.99. The molecule has 0 aromatic heterocycles. The molecule has 9 aromatic rings. The van der Waals surface area contributed by atoms with Crippen molar-refractivity contribution in [1.82, 2.24) is 0 Å². The van der Waals surface area contributed by atoms with Gasteiger partial charge in [-0.15, -0.1) is 46.7 Å². The van der Waals surface area contributed by atoms with Gasteiger partial charge < -0.3 is 59.3 Å². The van der Waals surface area contributed by atoms with E-state index in [1.54, 1.807) is 37.6 Å². The number of hydrogen-bond donors (Lipinski definition) is 6. The summed E-state index contributed by atoms with van der Waals surface area (Å²) in [6, 6.07) is 56.0. The van der Waals surface area contributed by atoms with Gasteiger partial charge in [-0.05, 0) is 275 Å². The van der Waals surface area contributed by atoms with Gasteiger partial charge in [-0.1, -0.05) is 151 Å². The molecule has 0 bridgehead atoms. The molecule has 5 unspecified atom stereocenters. The molecule has 0 heterocycles. The maximum atomic E-state index is 14.8. The normalized spacial score (nSPS) is 20.9. The molecule has 704 valence electrons. The molecule has 6 N–H and O–H groups in total. The highest BCUT2D eigenvalue weighted by Gasteiger charge is 2.47. The minimum Gasteiger partial charge on any atom is -0.501 e. The van der Waals surface area contributed by atoms with Gasteiger partial charge in [0, 0.05) is 97.8 Å². The number of aliphatic hydroxyl groups is 5. The minimum atomic E-state index is -0.546. The van der Waals surface area contributed by atoms with Crippen molar-refractivity contribution in [2.24, 2.45) is 47.3 Å². The topological polar surface area (TPSA) is 271 Å². The standard InChI is InChI=1S/C29H32O4S.C27H28Cl2FNO3.C25H30Cl2O4S.C25H36O6/c1-20-12-13-21(18-25(20)29(32)33-17-16-30)6-4-8-23-14-15-27(31)26(23)19-34-28-11-5-9-22-7-2-3-10-24(22)28;28-23-10-11-26(21-4-2-1-3-20(21)23)31-16-22-19(8-9-24(22)29)18-6-5-17(25(30)15-18)7-12-27(33)34-14-13-32;1-15-4-3-5-24(16(15)2)32-14-20-18(23(29)13-22(20)27)8-6-17-7-9-19(21(26)12-17)25(30)31-11-10-28;1-17-7-8-20(16-18(17)2)9-10-21-22(25(29-4)19(3)24(21)28)6-5-13-30-14-11-23(27)31-15-12-26/h2-3,5,7,9-13,18,23,26,30H,4,6,8,14-17,19H2,1H3;1-6,10-11,15,19,22,24,31-32H,7-9,12-14,16H2;3-5,7,9,12,18,20,22-23,28-29H,6,8,10-11,13-14H2,1-2H3;5,7-8,13,16,19,21-22,25-26H,6,9-12,14-15H2,1-4H3/b;;;13-5-/t23-,26+;19-,22-,24?;18-,20-,22?,23?;19?,21-,22-,25?/m0111/s1. The lowest BCUT2D eigenvalue weighted by atomic mass is 9.86. The number of nitrogens with one attached hydrogen (secondary N) is 1. The molecule has 13 atom stereocenters. The van der Waals surface area contributed by atoms with Crippen molar-refractivity contribution in [2.75, 3.05) is 89.9 Å². The average molecular weight is 1910 g/mol. The van der Waals surface area contributed by atoms with E-state index in [0.29, 0.717) is 58.7 Å². The number of fused-ring (bicyclic) bond motifs is 2. The highest BCUT2D eigenvalue weighted by atomic mass is 35.5. The number of esters is 4. The molecule has 4 aliphatic carbocycles. The van der Waals surface area contributed by atoms with Crippen LogP contribution in [-0.4, -0.2) is 169 Å². The van der Waals surface area contributed by atoms with Gasteiger partial charge in [-0.25, -0.2) is 14.0 Å². The number of alkyl halides is 2. The molecule has 4 saturated carbocycles. The Kier molecular flexibility index (Phi) is 42.9. The molecule has 131 heavy (non-hydrogen) atoms. The van der Waals surface area contributed by atoms with E-state index in [2.05, 4.69) is 118 Å². The Morgan fingerprint density at radius 3 is 1.89 bits per heavy atom. The number of hydrogen-bond acceptors (Lipinski definition) is 20. The summed E-state index contributed by atoms with van der Waals surface area (Å²) in [5.41, 5.74) is 12.6. The summed E-state index contributed by atoms with van der Waals surface area (Å²) in [4.78, 5) is 75.3. The van der Waals surface area contributed by atoms with Crippen LogP contribution in [0.15, 0.2) is 192 Å². The number of thioether (sulfide) groups is 2. The molecule has 0 saturated heterocycles. The summed E-state index contributed by atoms with van der Waals surface area (Å²) in [6.07, 6.45) is 14.3. The van der Waals surface area contributed by atoms with Crippen LogP contribution in [0.3, 0.4) is 0 Å². The maximum Gasteiger partial charge on any atom is 0.339 e. The largest absolute Gasteiger partial charge is 0.501 e. The fourth-order valence-electron chi connectivity index (χ4n) is 18.3. The van der Waals surface area contributed by atoms with E-state index >= 15 is 0 Å². The zero-order valence-electron chi connectivity index (χ0n) is 76.0. The van der Waals surface area contributed by atoms with E-state index in [1.807, 2.05) is 104 Å². The molecule has 25 heteroatoms. The summed E-state index contributed by atoms with van der Waals surface area (Å²) in [5, 5.41) is 54.8. The van der Waals surface area contributed by atoms with Crippen LogP contribution in [0.25, 0.3) is 21.5 Å². The summed E-state index contributed by atoms with van der Waals surface area (Å²) in [6.45, 7) is 12.3. The lowest BCUT2D eigenvalue weighted by Crippen LogP contribution is -2.24. The maximum absolute atomic E-state index is 14.8. The Balaban J connectivity index is 0.000000182. The fourth-order valence-corrected chi connectivity index (χ4v) is 22.5. The first-order valence-electron chi connectivity index (χ1n) is 45.6. The molecule has 13 rings (SSSR count). The van der Waals surface area contributed by atoms with Gasteiger partial charge in [-0.3, -0.25) is 19.2 Å². The number of ketones is 2. The molecule has 4 fully saturated rings. The van der Waals surface area contributed by atoms with Gasteiger partial charge in [0.15, 0.2) is 0 Å². The van der Waals surface area contributed by atoms with Gasteiger partial charge >= 0.3 is 23.9 Å². The lowest BCUT2D eigenvalue weighted by Gasteiger charge is -2.24. The first-order valence-corrected chi connectivity index (χ1v) is 49.2. The Morgan fingerprint density at radius 2 is 1.18 bits per heavy atom. The van der Waals surface area contributed by atoms with Crippen LogP contribution in [0.1, 0.15) is 166 Å². The number of aliphatic hydroxyl groups excluding tert-OH is 5. The number of ether oxygens (including phenoxy) is 6. The minimum absolute atomic E-state index is 0.0000900. The number of halogens is 5. The van der Waals surface area contributed by atoms with Crippen molar-refractivity contribution in [2.45, 2.75) is 183 Å². The SMILES string of the molecule is COC1C(C)C(=O)[C@H](CCc2ccc(C)c(C)c2)[C@H]1C/C=C\OCCC(=O)OCCO.Cc1ccc(CCC[C@H]2CCC(=O)[C@@H]2CSc2cccc3ccccc23)cc1C(=O)OCCO.Cc1cccc(SC[C@H]2C(Cl)CC(O)[C@@H]2CCc2ccc(C(=O)OCCO)c(Cl)c2)c1C.O=C(CCc1ccc([C@H]2CCC(Cl)[C@@H]2CNc2ccc(Cl)c3ccccc23)cc1F)OCCO. The van der Waals surface area contributed by atoms with Crippen LogP contribution in [0, 0.1) is 87.8 Å². The molecular weight excluding hydrogens is 1780 g/mol. The van der Waals surface area contributed by atoms with Crippen molar-refractivity contribution in [1.29, 1.82) is 0 Å². The summed E-state index contributed by atoms with van der Waals surface area (Å²) >= 11 is 29.6. The number of Topliss-reactive ketones (excluding diaryl/α,β-unsaturated/α-hetero) is 2. The molecule has 9 aromatic carbocycles. The molecular formula is C106H126Cl4FNO17S2. The predicted molar refractivity (Wildman–Crippen MR) is 522 cm³/mol. The van der Waals surface area contributed by atoms with Crippen LogP contribution in [0.2, 0.25) is 10.0 Å². The summed E-state index contributed by atoms with van der Waals surface area (Å²) in [5.74, 6) is 1.41. The van der Waals surface area contributed by atoms with Gasteiger partial charge in [0.25, 0.3) is 0 Å². The molecule has 18 nitrogen and oxygen atoms in total. The van der Waals surface area contributed by atoms with Crippen LogP contribution in [0.5, 0.6) is 0 Å². The Bertz CT molecular complexity index is 5280. The third-order valence-corrected chi connectivity index (χ3v) is 30.1. The van der Waals surface area contributed by atoms with Crippen LogP contribution in [-0.2, 0) is 73.3 Å². The number of carbonyl (C=O) groups is 6. The van der Waals surface area contributed by atoms with Crippen molar-refractivity contribution in [3.8, 4) is 0 Å². The van der Waals surface area contributed by atoms with E-state index in [4.69, 9.17) is 95.3 Å². The van der Waals surface area contributed by atoms with E-state index in [-0.39, 0.29) is 166 Å². The number of carbonyl (C=O) groups excluding carboxylic acids is 6. The molecule has 0 radical (unpaired) electrons. The van der Waals surface area contributed by atoms with E-state index in [9.17, 15) is 38.3 Å². The number of aryl methyl sites for hydroxylation is 8. The highest BCUT2D eigenvalue weighted by Crippen LogP contribution is 2.47. The van der Waals surface area contributed by atoms with Crippen molar-refractivity contribution in [3.05, 3.63) is 265 Å². The van der Waals surface area contributed by atoms with Crippen molar-refractivity contribution in [3.63, 3.8) is 0 Å². The number of allylic oxidation sites excluding steroid dienone is 1. The second-order valence-corrected chi connectivity index (χ2v) is 38.5. The van der Waals surface area contributed by atoms with Gasteiger partial charge in [0.2, 0.25) is 0 Å². The second-order valence-electron chi connectivity index (χ2n) is 34.4. The Labute approximate surface area is 799 Å². The van der Waals surface area contributed by atoms with E-state index in [1.165, 1.54) is 48.4 Å². The quantitative estimate of drug-likeness (QED) is 0.00520. The monoisotopic (exact) mass is 1910 g/mol. The number of anilines is 1. The Morgan fingerprint density at radius 1 is 0.542 bits per heavy atom. The molecule has 4 aliphatic rings. The lowest BCUT2D eigenvalue weighted by molar-refractivity contribution is -0.146. The van der Waals surface area contributed by atoms with Gasteiger partial charge in [0.05, 0.1) is 74.1 Å². The third kappa shape index (κ3) is 30.3. The zero-order chi connectivity index (χ0) is 94.0. The third-order valence-electron chi connectivity index (χ3n) is 25.9. The van der Waals surface area contributed by atoms with Crippen LogP contribution in [0.4, 0.5) is 10.1 Å². The average Bonchev–Trinajstić information content (AvgIpc) is 1.58. The molecule has 0 spiro atoms. The molecule has 0 aliphatic heterocycles. The summed E-state index contributed by atoms with van der Waals surface area (Å²) < 4.78 is 45.6. The van der Waals surface area contributed by atoms with Gasteiger partial charge in [-0.2, -0.15) is 0 Å². The number of methoxy groups -OCH3 is 1. The zero-order valence-corrected chi connectivity index (χ0v) is 80.6. The number of rotatable bonds is 40. The summed E-state index contributed by atoms with van der Waals surface area (Å²) in [7, 11) is 1.67. The first kappa shape index (κ1) is 105. The second kappa shape index (κ2) is 53.6. The van der Waals surface area contributed by atoms with E-state index in [0.717, 1.165) is 114 Å². The smallest absolute Gasteiger partial charge is 0.339 e. The first-order chi connectivity index (χ1) is 63.2. The Hall–Kier alpha value is -8.39. The van der Waals surface area contributed by atoms with Crippen molar-refractivity contribution >= 4 is 133 Å². The molecule has 0 amide bonds. The fraction of sp³-hybridized carbons (Fsp3) is 0.453.